The van der Waals surface area contributed by atoms with Crippen LogP contribution in [0.4, 0.5) is 10.3 Å². The molecule has 160 valence electrons. The van der Waals surface area contributed by atoms with E-state index in [9.17, 15) is 4.39 Å². The Labute approximate surface area is 185 Å². The van der Waals surface area contributed by atoms with E-state index in [2.05, 4.69) is 53.5 Å². The normalized spacial score (nSPS) is 17.3. The molecule has 3 aromatic heterocycles. The van der Waals surface area contributed by atoms with E-state index in [0.717, 1.165) is 30.5 Å². The number of hydrogen-bond acceptors (Lipinski definition) is 5. The molecular weight excluding hydrogens is 403 g/mol. The number of benzene rings is 1. The molecule has 0 radical (unpaired) electrons. The lowest BCUT2D eigenvalue weighted by atomic mass is 10.0. The van der Waals surface area contributed by atoms with Crippen molar-refractivity contribution >= 4 is 17.2 Å². The smallest absolute Gasteiger partial charge is 0.228 e. The molecule has 4 aromatic rings. The quantitative estimate of drug-likeness (QED) is 0.496. The Morgan fingerprint density at radius 1 is 1.09 bits per heavy atom. The number of pyridine rings is 1. The minimum Gasteiger partial charge on any atom is -0.351 e. The van der Waals surface area contributed by atoms with Crippen molar-refractivity contribution < 1.29 is 4.39 Å². The highest BCUT2D eigenvalue weighted by Gasteiger charge is 2.31. The molecule has 6 rings (SSSR count). The van der Waals surface area contributed by atoms with Crippen LogP contribution in [0.1, 0.15) is 49.3 Å². The molecular formula is C25H23FN6. The zero-order valence-electron chi connectivity index (χ0n) is 18.0. The van der Waals surface area contributed by atoms with E-state index < -0.39 is 5.82 Å². The molecule has 2 aliphatic carbocycles. The molecule has 1 unspecified atom stereocenters. The predicted molar refractivity (Wildman–Crippen MR) is 122 cm³/mol. The summed E-state index contributed by atoms with van der Waals surface area (Å²) in [4.78, 5) is 13.4. The molecule has 0 bridgehead atoms. The summed E-state index contributed by atoms with van der Waals surface area (Å²) in [6.45, 7) is 4.22. The second-order valence-electron chi connectivity index (χ2n) is 8.92. The van der Waals surface area contributed by atoms with Crippen LogP contribution in [0.5, 0.6) is 0 Å². The van der Waals surface area contributed by atoms with Crippen LogP contribution in [0.15, 0.2) is 54.5 Å². The summed E-state index contributed by atoms with van der Waals surface area (Å²) in [6.07, 6.45) is 7.58. The van der Waals surface area contributed by atoms with Gasteiger partial charge in [0.1, 0.15) is 5.82 Å². The fourth-order valence-corrected chi connectivity index (χ4v) is 4.90. The van der Waals surface area contributed by atoms with Crippen LogP contribution in [-0.2, 0) is 6.42 Å². The summed E-state index contributed by atoms with van der Waals surface area (Å²) in [5.41, 5.74) is 8.09. The highest BCUT2D eigenvalue weighted by Crippen LogP contribution is 2.43. The maximum atomic E-state index is 13.8. The maximum absolute atomic E-state index is 13.8. The molecule has 0 spiro atoms. The highest BCUT2D eigenvalue weighted by atomic mass is 19.1. The lowest BCUT2D eigenvalue weighted by Crippen LogP contribution is -2.21. The summed E-state index contributed by atoms with van der Waals surface area (Å²) >= 11 is 0. The van der Waals surface area contributed by atoms with Gasteiger partial charge in [0.15, 0.2) is 11.5 Å². The number of nitrogens with zero attached hydrogens (tertiary/aromatic N) is 5. The molecule has 2 aliphatic rings. The molecule has 1 N–H and O–H groups in total. The Kier molecular flexibility index (Phi) is 4.31. The van der Waals surface area contributed by atoms with Crippen molar-refractivity contribution in [3.8, 4) is 11.4 Å². The van der Waals surface area contributed by atoms with Gasteiger partial charge in [-0.15, -0.1) is 0 Å². The number of anilines is 1. The molecule has 0 amide bonds. The Hall–Kier alpha value is -3.61. The molecule has 0 fully saturated rings. The molecule has 1 atom stereocenters. The predicted octanol–water partition coefficient (Wildman–Crippen LogP) is 5.03. The number of rotatable bonds is 4. The lowest BCUT2D eigenvalue weighted by Gasteiger charge is -2.17. The Morgan fingerprint density at radius 2 is 1.97 bits per heavy atom. The van der Waals surface area contributed by atoms with Gasteiger partial charge < -0.3 is 5.32 Å². The number of halogens is 1. The van der Waals surface area contributed by atoms with E-state index in [0.29, 0.717) is 17.3 Å². The summed E-state index contributed by atoms with van der Waals surface area (Å²) < 4.78 is 15.6. The first-order chi connectivity index (χ1) is 15.6. The van der Waals surface area contributed by atoms with Gasteiger partial charge in [-0.1, -0.05) is 43.7 Å². The average molecular weight is 426 g/mol. The molecule has 0 saturated heterocycles. The monoisotopic (exact) mass is 426 g/mol. The van der Waals surface area contributed by atoms with Crippen molar-refractivity contribution in [2.45, 2.75) is 45.1 Å². The first-order valence-electron chi connectivity index (χ1n) is 11.0. The van der Waals surface area contributed by atoms with Crippen molar-refractivity contribution in [2.24, 2.45) is 0 Å². The van der Waals surface area contributed by atoms with Gasteiger partial charge in [0.25, 0.3) is 0 Å². The summed E-state index contributed by atoms with van der Waals surface area (Å²) in [5, 5.41) is 8.18. The first kappa shape index (κ1) is 19.1. The van der Waals surface area contributed by atoms with Crippen molar-refractivity contribution in [3.63, 3.8) is 0 Å². The van der Waals surface area contributed by atoms with Crippen LogP contribution < -0.4 is 5.32 Å². The average Bonchev–Trinajstić information content (AvgIpc) is 3.46. The van der Waals surface area contributed by atoms with Crippen molar-refractivity contribution in [1.29, 1.82) is 0 Å². The van der Waals surface area contributed by atoms with Crippen LogP contribution in [0.2, 0.25) is 0 Å². The van der Waals surface area contributed by atoms with Crippen LogP contribution >= 0.6 is 0 Å². The minimum atomic E-state index is -0.409. The van der Waals surface area contributed by atoms with Gasteiger partial charge in [0.2, 0.25) is 5.95 Å². The van der Waals surface area contributed by atoms with Gasteiger partial charge in [0.05, 0.1) is 12.4 Å². The standard InChI is InChI=1S/C25H23FN6/c1-14(2)22-13-28-32-24(22)30-23(17-8-18(26)12-27-11-17)31-25(32)29-19-9-16-7-15-5-3-4-6-20(15)21(16)10-19/h3-6,8,11-14,19H,7,9-10H2,1-2H3,(H,29,30,31). The highest BCUT2D eigenvalue weighted by molar-refractivity contribution is 5.79. The van der Waals surface area contributed by atoms with E-state index in [1.165, 1.54) is 34.5 Å². The van der Waals surface area contributed by atoms with Gasteiger partial charge in [-0.25, -0.2) is 9.37 Å². The zero-order chi connectivity index (χ0) is 21.8. The van der Waals surface area contributed by atoms with Crippen LogP contribution in [0, 0.1) is 5.82 Å². The van der Waals surface area contributed by atoms with Crippen LogP contribution in [-0.4, -0.2) is 30.6 Å². The molecule has 1 aromatic carbocycles. The Bertz CT molecular complexity index is 1390. The maximum Gasteiger partial charge on any atom is 0.228 e. The molecule has 7 heteroatoms. The van der Waals surface area contributed by atoms with Crippen LogP contribution in [0.25, 0.3) is 22.6 Å². The third kappa shape index (κ3) is 3.07. The second kappa shape index (κ2) is 7.22. The minimum absolute atomic E-state index is 0.233. The number of aromatic nitrogens is 5. The molecule has 3 heterocycles. The fourth-order valence-electron chi connectivity index (χ4n) is 4.90. The summed E-state index contributed by atoms with van der Waals surface area (Å²) in [7, 11) is 0. The largest absolute Gasteiger partial charge is 0.351 e. The second-order valence-corrected chi connectivity index (χ2v) is 8.92. The van der Waals surface area contributed by atoms with Gasteiger partial charge in [-0.2, -0.15) is 14.6 Å². The van der Waals surface area contributed by atoms with Crippen molar-refractivity contribution in [3.05, 3.63) is 77.0 Å². The van der Waals surface area contributed by atoms with Gasteiger partial charge in [0, 0.05) is 23.4 Å². The third-order valence-corrected chi connectivity index (χ3v) is 6.43. The lowest BCUT2D eigenvalue weighted by molar-refractivity contribution is 0.621. The van der Waals surface area contributed by atoms with E-state index in [4.69, 9.17) is 9.97 Å². The molecule has 6 nitrogen and oxygen atoms in total. The summed E-state index contributed by atoms with van der Waals surface area (Å²) in [5.74, 6) is 0.911. The number of nitrogens with one attached hydrogen (secondary N) is 1. The first-order valence-corrected chi connectivity index (χ1v) is 11.0. The Morgan fingerprint density at radius 3 is 2.81 bits per heavy atom. The molecule has 32 heavy (non-hydrogen) atoms. The molecule has 0 aliphatic heterocycles. The van der Waals surface area contributed by atoms with Gasteiger partial charge in [-0.05, 0) is 47.9 Å². The fraction of sp³-hybridized carbons (Fsp3) is 0.280. The Balaban J connectivity index is 1.37. The molecule has 0 saturated carbocycles. The van der Waals surface area contributed by atoms with Gasteiger partial charge in [-0.3, -0.25) is 4.98 Å². The van der Waals surface area contributed by atoms with E-state index >= 15 is 0 Å². The van der Waals surface area contributed by atoms with Crippen LogP contribution in [0.3, 0.4) is 0 Å². The summed E-state index contributed by atoms with van der Waals surface area (Å²) in [6, 6.07) is 10.3. The van der Waals surface area contributed by atoms with E-state index in [1.807, 2.05) is 6.20 Å². The third-order valence-electron chi connectivity index (χ3n) is 6.43. The zero-order valence-corrected chi connectivity index (χ0v) is 18.0. The van der Waals surface area contributed by atoms with E-state index in [-0.39, 0.29) is 12.0 Å². The number of fused-ring (bicyclic) bond motifs is 3. The topological polar surface area (TPSA) is 68.0 Å². The van der Waals surface area contributed by atoms with Crippen molar-refractivity contribution in [2.75, 3.05) is 5.32 Å². The van der Waals surface area contributed by atoms with E-state index in [1.54, 1.807) is 10.7 Å². The number of hydrogen-bond donors (Lipinski definition) is 1. The van der Waals surface area contributed by atoms with Gasteiger partial charge >= 0.3 is 0 Å². The van der Waals surface area contributed by atoms with Crippen molar-refractivity contribution in [1.82, 2.24) is 24.6 Å². The SMILES string of the molecule is CC(C)c1cnn2c(NC3CC4=C(C3)c3ccccc3C4)nc(-c3cncc(F)c3)nc12.